The molecule has 0 aliphatic carbocycles. The second-order valence-corrected chi connectivity index (χ2v) is 6.30. The number of hydrogen-bond acceptors (Lipinski definition) is 4. The number of nitrogens with zero attached hydrogens (tertiary/aromatic N) is 2. The Kier molecular flexibility index (Phi) is 4.64. The lowest BCUT2D eigenvalue weighted by atomic mass is 10.1. The number of hydrogen-bond donors (Lipinski definition) is 1. The third-order valence-electron chi connectivity index (χ3n) is 3.56. The summed E-state index contributed by atoms with van der Waals surface area (Å²) in [5, 5.41) is 0. The molecule has 1 unspecified atom stereocenters. The highest BCUT2D eigenvalue weighted by atomic mass is 32.2. The van der Waals surface area contributed by atoms with Gasteiger partial charge in [0.15, 0.2) is 0 Å². The highest BCUT2D eigenvalue weighted by Gasteiger charge is 2.17. The van der Waals surface area contributed by atoms with Crippen molar-refractivity contribution in [3.05, 3.63) is 54.7 Å². The van der Waals surface area contributed by atoms with Crippen molar-refractivity contribution < 1.29 is 9.35 Å². The maximum Gasteiger partial charge on any atom is 0.251 e. The molecular weight excluding hydrogens is 310 g/mol. The minimum atomic E-state index is -1.14. The predicted molar refractivity (Wildman–Crippen MR) is 93.5 cm³/mol. The summed E-state index contributed by atoms with van der Waals surface area (Å²) in [6, 6.07) is 11.4. The summed E-state index contributed by atoms with van der Waals surface area (Å²) in [7, 11) is 0. The number of pyridine rings is 1. The number of amides is 1. The molecule has 2 aromatic rings. The number of carbonyl (C=O) groups excluding carboxylic acids is 1. The molecule has 2 heterocycles. The molecule has 0 saturated carbocycles. The quantitative estimate of drug-likeness (QED) is 0.877. The normalized spacial score (nSPS) is 15.6. The largest absolute Gasteiger partial charge is 0.593 e. The Morgan fingerprint density at radius 2 is 2.09 bits per heavy atom. The Hall–Kier alpha value is -2.31. The van der Waals surface area contributed by atoms with E-state index < -0.39 is 11.4 Å². The van der Waals surface area contributed by atoms with Crippen LogP contribution in [0.1, 0.15) is 6.42 Å². The van der Waals surface area contributed by atoms with Gasteiger partial charge in [-0.3, -0.25) is 9.69 Å². The van der Waals surface area contributed by atoms with Crippen LogP contribution in [0.5, 0.6) is 0 Å². The van der Waals surface area contributed by atoms with Crippen LogP contribution in [0.25, 0.3) is 11.1 Å². The number of benzene rings is 1. The van der Waals surface area contributed by atoms with Crippen molar-refractivity contribution in [1.82, 2.24) is 4.98 Å². The molecule has 0 bridgehead atoms. The smallest absolute Gasteiger partial charge is 0.251 e. The number of carbonyl (C=O) groups is 1. The van der Waals surface area contributed by atoms with Gasteiger partial charge in [-0.25, -0.2) is 9.71 Å². The maximum absolute atomic E-state index is 11.9. The molecule has 0 spiro atoms. The minimum absolute atomic E-state index is 0.0417. The number of para-hydroxylation sites is 1. The van der Waals surface area contributed by atoms with Crippen molar-refractivity contribution in [3.63, 3.8) is 0 Å². The first-order valence-electron chi connectivity index (χ1n) is 7.29. The standard InChI is InChI=1S/C17H17N3O2S/c1-23(22)19-15-7-3-2-6-14(15)13-9-10-16(18-12-13)20-11-5-4-8-17(20)21/h2-4,6-10,12,19H,5,11H2,1H3. The van der Waals surface area contributed by atoms with Gasteiger partial charge in [0.25, 0.3) is 5.91 Å². The molecule has 1 amide bonds. The Morgan fingerprint density at radius 3 is 2.78 bits per heavy atom. The highest BCUT2D eigenvalue weighted by Crippen LogP contribution is 2.29. The minimum Gasteiger partial charge on any atom is -0.593 e. The summed E-state index contributed by atoms with van der Waals surface area (Å²) >= 11 is -1.14. The van der Waals surface area contributed by atoms with Gasteiger partial charge in [0.1, 0.15) is 12.1 Å². The molecule has 3 rings (SSSR count). The van der Waals surface area contributed by atoms with Crippen molar-refractivity contribution in [3.8, 4) is 11.1 Å². The summed E-state index contributed by atoms with van der Waals surface area (Å²) in [5.41, 5.74) is 2.62. The molecular formula is C17H17N3O2S. The van der Waals surface area contributed by atoms with Crippen molar-refractivity contribution >= 4 is 28.8 Å². The average molecular weight is 327 g/mol. The van der Waals surface area contributed by atoms with Crippen LogP contribution in [0.15, 0.2) is 54.7 Å². The number of aromatic nitrogens is 1. The van der Waals surface area contributed by atoms with E-state index in [4.69, 9.17) is 0 Å². The van der Waals surface area contributed by atoms with Crippen molar-refractivity contribution in [2.75, 3.05) is 22.4 Å². The zero-order valence-corrected chi connectivity index (χ0v) is 13.5. The molecule has 6 heteroatoms. The second kappa shape index (κ2) is 6.85. The zero-order valence-electron chi connectivity index (χ0n) is 12.7. The third kappa shape index (κ3) is 3.55. The molecule has 1 aliphatic heterocycles. The topological polar surface area (TPSA) is 68.3 Å². The van der Waals surface area contributed by atoms with Gasteiger partial charge in [-0.1, -0.05) is 24.3 Å². The molecule has 23 heavy (non-hydrogen) atoms. The fourth-order valence-corrected chi connectivity index (χ4v) is 2.99. The van der Waals surface area contributed by atoms with Gasteiger partial charge in [-0.05, 0) is 30.7 Å². The number of rotatable bonds is 4. The van der Waals surface area contributed by atoms with E-state index in [0.717, 1.165) is 23.2 Å². The second-order valence-electron chi connectivity index (χ2n) is 5.19. The summed E-state index contributed by atoms with van der Waals surface area (Å²) in [6.07, 6.45) is 7.62. The first kappa shape index (κ1) is 15.6. The molecule has 1 aromatic carbocycles. The molecule has 1 atom stereocenters. The SMILES string of the molecule is C[S+]([O-])Nc1ccccc1-c1ccc(N2CCC=CC2=O)nc1. The molecule has 1 N–H and O–H groups in total. The number of nitrogens with one attached hydrogen (secondary N) is 1. The van der Waals surface area contributed by atoms with Gasteiger partial charge < -0.3 is 4.55 Å². The molecule has 1 aromatic heterocycles. The molecule has 5 nitrogen and oxygen atoms in total. The molecule has 1 aliphatic rings. The van der Waals surface area contributed by atoms with Crippen molar-refractivity contribution in [1.29, 1.82) is 0 Å². The Labute approximate surface area is 138 Å². The lowest BCUT2D eigenvalue weighted by Gasteiger charge is -2.22. The van der Waals surface area contributed by atoms with Gasteiger partial charge >= 0.3 is 0 Å². The summed E-state index contributed by atoms with van der Waals surface area (Å²) in [6.45, 7) is 0.647. The van der Waals surface area contributed by atoms with E-state index in [1.807, 2.05) is 42.5 Å². The Balaban J connectivity index is 1.88. The van der Waals surface area contributed by atoms with E-state index in [-0.39, 0.29) is 5.91 Å². The average Bonchev–Trinajstić information content (AvgIpc) is 2.56. The fraction of sp³-hybridized carbons (Fsp3) is 0.176. The van der Waals surface area contributed by atoms with E-state index in [0.29, 0.717) is 12.4 Å². The van der Waals surface area contributed by atoms with Gasteiger partial charge in [0.05, 0.1) is 17.0 Å². The van der Waals surface area contributed by atoms with E-state index in [1.165, 1.54) is 0 Å². The predicted octanol–water partition coefficient (Wildman–Crippen LogP) is 2.75. The highest BCUT2D eigenvalue weighted by molar-refractivity contribution is 7.92. The molecule has 118 valence electrons. The lowest BCUT2D eigenvalue weighted by Crippen LogP contribution is -2.33. The summed E-state index contributed by atoms with van der Waals surface area (Å²) in [4.78, 5) is 18.0. The summed E-state index contributed by atoms with van der Waals surface area (Å²) < 4.78 is 14.4. The van der Waals surface area contributed by atoms with Crippen LogP contribution in [0.4, 0.5) is 11.5 Å². The third-order valence-corrected chi connectivity index (χ3v) is 4.07. The van der Waals surface area contributed by atoms with E-state index in [2.05, 4.69) is 9.71 Å². The maximum atomic E-state index is 11.9. The van der Waals surface area contributed by atoms with Crippen LogP contribution in [0, 0.1) is 0 Å². The Morgan fingerprint density at radius 1 is 1.26 bits per heavy atom. The van der Waals surface area contributed by atoms with Crippen LogP contribution in [0.2, 0.25) is 0 Å². The first-order valence-corrected chi connectivity index (χ1v) is 8.84. The molecule has 0 saturated heterocycles. The Bertz CT molecular complexity index is 729. The van der Waals surface area contributed by atoms with E-state index in [9.17, 15) is 9.35 Å². The van der Waals surface area contributed by atoms with Gasteiger partial charge in [-0.2, -0.15) is 0 Å². The van der Waals surface area contributed by atoms with Gasteiger partial charge in [0, 0.05) is 23.9 Å². The van der Waals surface area contributed by atoms with E-state index >= 15 is 0 Å². The van der Waals surface area contributed by atoms with E-state index in [1.54, 1.807) is 23.4 Å². The summed E-state index contributed by atoms with van der Waals surface area (Å²) in [5.74, 6) is 0.604. The lowest BCUT2D eigenvalue weighted by molar-refractivity contribution is -0.114. The first-order chi connectivity index (χ1) is 11.1. The van der Waals surface area contributed by atoms with Crippen LogP contribution >= 0.6 is 0 Å². The van der Waals surface area contributed by atoms with Crippen molar-refractivity contribution in [2.24, 2.45) is 0 Å². The number of anilines is 2. The van der Waals surface area contributed by atoms with Crippen LogP contribution in [-0.4, -0.2) is 28.2 Å². The van der Waals surface area contributed by atoms with Gasteiger partial charge in [-0.15, -0.1) is 0 Å². The zero-order chi connectivity index (χ0) is 16.2. The van der Waals surface area contributed by atoms with Crippen LogP contribution in [-0.2, 0) is 16.2 Å². The molecule has 0 radical (unpaired) electrons. The fourth-order valence-electron chi connectivity index (χ4n) is 2.50. The van der Waals surface area contributed by atoms with Crippen molar-refractivity contribution in [2.45, 2.75) is 6.42 Å². The van der Waals surface area contributed by atoms with Crippen LogP contribution < -0.4 is 9.62 Å². The van der Waals surface area contributed by atoms with Crippen LogP contribution in [0.3, 0.4) is 0 Å². The molecule has 0 fully saturated rings. The van der Waals surface area contributed by atoms with Gasteiger partial charge in [0.2, 0.25) is 0 Å². The monoisotopic (exact) mass is 327 g/mol.